The molecule has 3 rings (SSSR count). The fraction of sp³-hybridized carbons (Fsp3) is 0.438. The van der Waals surface area contributed by atoms with Crippen molar-refractivity contribution >= 4 is 5.91 Å². The predicted molar refractivity (Wildman–Crippen MR) is 80.1 cm³/mol. The van der Waals surface area contributed by atoms with Crippen molar-refractivity contribution in [1.82, 2.24) is 15.0 Å². The Morgan fingerprint density at radius 1 is 1.36 bits per heavy atom. The molecule has 1 atom stereocenters. The van der Waals surface area contributed by atoms with Gasteiger partial charge in [0.25, 0.3) is 5.91 Å². The highest BCUT2D eigenvalue weighted by atomic mass is 16.5. The fourth-order valence-electron chi connectivity index (χ4n) is 2.89. The third-order valence-electron chi connectivity index (χ3n) is 4.04. The van der Waals surface area contributed by atoms with Crippen molar-refractivity contribution in [3.05, 3.63) is 36.3 Å². The summed E-state index contributed by atoms with van der Waals surface area (Å²) in [5.41, 5.74) is 1.16. The third-order valence-corrected chi connectivity index (χ3v) is 4.04. The quantitative estimate of drug-likeness (QED) is 0.935. The molecule has 1 aliphatic heterocycles. The number of aliphatic hydroxyl groups is 1. The van der Waals surface area contributed by atoms with E-state index in [1.807, 2.05) is 17.0 Å². The summed E-state index contributed by atoms with van der Waals surface area (Å²) in [4.78, 5) is 18.4. The topological polar surface area (TPSA) is 79.5 Å². The molecule has 6 nitrogen and oxygen atoms in total. The number of piperidine rings is 1. The van der Waals surface area contributed by atoms with Crippen molar-refractivity contribution in [1.29, 1.82) is 0 Å². The lowest BCUT2D eigenvalue weighted by Crippen LogP contribution is -2.44. The second kappa shape index (κ2) is 6.70. The number of nitrogens with zero attached hydrogens (tertiary/aromatic N) is 3. The molecule has 1 fully saturated rings. The minimum Gasteiger partial charge on any atom is -0.396 e. The first-order valence-electron chi connectivity index (χ1n) is 7.58. The van der Waals surface area contributed by atoms with Gasteiger partial charge in [0, 0.05) is 43.2 Å². The number of rotatable bonds is 4. The zero-order valence-corrected chi connectivity index (χ0v) is 12.3. The van der Waals surface area contributed by atoms with E-state index in [4.69, 9.17) is 9.63 Å². The lowest BCUT2D eigenvalue weighted by molar-refractivity contribution is 0.0564. The van der Waals surface area contributed by atoms with Crippen LogP contribution in [-0.4, -0.2) is 45.2 Å². The first-order valence-corrected chi connectivity index (χ1v) is 7.58. The van der Waals surface area contributed by atoms with Gasteiger partial charge in [0.15, 0.2) is 11.5 Å². The largest absolute Gasteiger partial charge is 0.396 e. The Balaban J connectivity index is 1.78. The molecule has 1 saturated heterocycles. The minimum atomic E-state index is -0.123. The first-order chi connectivity index (χ1) is 10.8. The van der Waals surface area contributed by atoms with Crippen LogP contribution < -0.4 is 0 Å². The maximum atomic E-state index is 12.6. The number of amides is 1. The molecule has 1 N–H and O–H groups in total. The van der Waals surface area contributed by atoms with Crippen molar-refractivity contribution in [2.45, 2.75) is 31.7 Å². The van der Waals surface area contributed by atoms with Crippen molar-refractivity contribution in [3.8, 4) is 11.3 Å². The van der Waals surface area contributed by atoms with E-state index < -0.39 is 0 Å². The van der Waals surface area contributed by atoms with Crippen molar-refractivity contribution < 1.29 is 14.4 Å². The zero-order chi connectivity index (χ0) is 15.4. The van der Waals surface area contributed by atoms with Crippen LogP contribution in [0.4, 0.5) is 0 Å². The van der Waals surface area contributed by atoms with Gasteiger partial charge in [-0.3, -0.25) is 9.78 Å². The lowest BCUT2D eigenvalue weighted by atomic mass is 9.99. The molecule has 0 radical (unpaired) electrons. The Morgan fingerprint density at radius 2 is 2.18 bits per heavy atom. The van der Waals surface area contributed by atoms with Gasteiger partial charge in [-0.1, -0.05) is 5.16 Å². The molecule has 116 valence electrons. The number of carbonyl (C=O) groups excluding carboxylic acids is 1. The second-order valence-corrected chi connectivity index (χ2v) is 5.47. The Labute approximate surface area is 128 Å². The van der Waals surface area contributed by atoms with E-state index in [9.17, 15) is 4.79 Å². The molecule has 0 spiro atoms. The van der Waals surface area contributed by atoms with Gasteiger partial charge in [0.05, 0.1) is 0 Å². The van der Waals surface area contributed by atoms with Crippen LogP contribution in [0.3, 0.4) is 0 Å². The van der Waals surface area contributed by atoms with Crippen LogP contribution in [-0.2, 0) is 0 Å². The molecule has 3 heterocycles. The average Bonchev–Trinajstić information content (AvgIpc) is 3.06. The summed E-state index contributed by atoms with van der Waals surface area (Å²) < 4.78 is 5.28. The van der Waals surface area contributed by atoms with E-state index in [2.05, 4.69) is 10.1 Å². The number of aromatic nitrogens is 2. The molecular formula is C16H19N3O3. The number of aliphatic hydroxyl groups excluding tert-OH is 1. The number of hydrogen-bond acceptors (Lipinski definition) is 5. The molecular weight excluding hydrogens is 282 g/mol. The Hall–Kier alpha value is -2.21. The summed E-state index contributed by atoms with van der Waals surface area (Å²) >= 11 is 0. The highest BCUT2D eigenvalue weighted by molar-refractivity contribution is 5.93. The van der Waals surface area contributed by atoms with Crippen LogP contribution in [0.1, 0.15) is 36.2 Å². The summed E-state index contributed by atoms with van der Waals surface area (Å²) in [6.07, 6.45) is 6.96. The number of likely N-dealkylation sites (tertiary alicyclic amines) is 1. The van der Waals surface area contributed by atoms with E-state index in [1.165, 1.54) is 0 Å². The van der Waals surface area contributed by atoms with Crippen LogP contribution in [0.25, 0.3) is 11.3 Å². The molecule has 0 bridgehead atoms. The van der Waals surface area contributed by atoms with Gasteiger partial charge in [-0.05, 0) is 37.8 Å². The average molecular weight is 301 g/mol. The molecule has 22 heavy (non-hydrogen) atoms. The van der Waals surface area contributed by atoms with Gasteiger partial charge in [0.2, 0.25) is 0 Å². The van der Waals surface area contributed by atoms with E-state index in [-0.39, 0.29) is 18.6 Å². The summed E-state index contributed by atoms with van der Waals surface area (Å²) in [5, 5.41) is 13.1. The molecule has 0 aliphatic carbocycles. The molecule has 2 aromatic heterocycles. The monoisotopic (exact) mass is 301 g/mol. The summed E-state index contributed by atoms with van der Waals surface area (Å²) in [7, 11) is 0. The van der Waals surface area contributed by atoms with Gasteiger partial charge in [-0.25, -0.2) is 0 Å². The van der Waals surface area contributed by atoms with E-state index >= 15 is 0 Å². The first kappa shape index (κ1) is 14.7. The summed E-state index contributed by atoms with van der Waals surface area (Å²) in [5.74, 6) is 0.434. The van der Waals surface area contributed by atoms with Crippen LogP contribution in [0.2, 0.25) is 0 Å². The molecule has 2 aromatic rings. The predicted octanol–water partition coefficient (Wildman–Crippen LogP) is 2.11. The second-order valence-electron chi connectivity index (χ2n) is 5.47. The molecule has 1 amide bonds. The maximum absolute atomic E-state index is 12.6. The van der Waals surface area contributed by atoms with E-state index in [1.54, 1.807) is 18.5 Å². The van der Waals surface area contributed by atoms with Crippen LogP contribution in [0.5, 0.6) is 0 Å². The molecule has 6 heteroatoms. The lowest BCUT2D eigenvalue weighted by Gasteiger charge is -2.34. The normalized spacial score (nSPS) is 18.4. The van der Waals surface area contributed by atoms with Crippen molar-refractivity contribution in [3.63, 3.8) is 0 Å². The number of carbonyl (C=O) groups is 1. The van der Waals surface area contributed by atoms with E-state index in [0.717, 1.165) is 24.8 Å². The fourth-order valence-corrected chi connectivity index (χ4v) is 2.89. The summed E-state index contributed by atoms with van der Waals surface area (Å²) in [6, 6.07) is 5.38. The Bertz CT molecular complexity index is 625. The van der Waals surface area contributed by atoms with Gasteiger partial charge in [-0.2, -0.15) is 0 Å². The maximum Gasteiger partial charge on any atom is 0.276 e. The minimum absolute atomic E-state index is 0.0901. The van der Waals surface area contributed by atoms with Crippen LogP contribution in [0.15, 0.2) is 35.1 Å². The smallest absolute Gasteiger partial charge is 0.276 e. The Morgan fingerprint density at radius 3 is 2.95 bits per heavy atom. The standard InChI is InChI=1S/C16H19N3O3/c20-10-6-13-3-1-2-9-19(13)16(21)14-11-15(22-18-14)12-4-7-17-8-5-12/h4-5,7-8,11,13,20H,1-3,6,9-10H2. The Kier molecular flexibility index (Phi) is 4.48. The van der Waals surface area contributed by atoms with Gasteiger partial charge >= 0.3 is 0 Å². The van der Waals surface area contributed by atoms with Gasteiger partial charge in [-0.15, -0.1) is 0 Å². The van der Waals surface area contributed by atoms with E-state index in [0.29, 0.717) is 24.4 Å². The molecule has 0 saturated carbocycles. The third kappa shape index (κ3) is 3.01. The molecule has 1 aliphatic rings. The number of hydrogen-bond donors (Lipinski definition) is 1. The molecule has 0 aromatic carbocycles. The SMILES string of the molecule is O=C(c1cc(-c2ccncc2)on1)N1CCCCC1CCO. The highest BCUT2D eigenvalue weighted by Gasteiger charge is 2.29. The van der Waals surface area contributed by atoms with Gasteiger partial charge < -0.3 is 14.5 Å². The zero-order valence-electron chi connectivity index (χ0n) is 12.3. The summed E-state index contributed by atoms with van der Waals surface area (Å²) in [6.45, 7) is 0.802. The van der Waals surface area contributed by atoms with Crippen LogP contribution >= 0.6 is 0 Å². The number of pyridine rings is 1. The highest BCUT2D eigenvalue weighted by Crippen LogP contribution is 2.24. The van der Waals surface area contributed by atoms with Crippen molar-refractivity contribution in [2.24, 2.45) is 0 Å². The van der Waals surface area contributed by atoms with Crippen LogP contribution in [0, 0.1) is 0 Å². The molecule has 1 unspecified atom stereocenters. The van der Waals surface area contributed by atoms with Gasteiger partial charge in [0.1, 0.15) is 0 Å². The van der Waals surface area contributed by atoms with Crippen molar-refractivity contribution in [2.75, 3.05) is 13.2 Å².